The second-order valence-electron chi connectivity index (χ2n) is 8.13. The molecule has 0 bridgehead atoms. The number of rotatable bonds is 6. The van der Waals surface area contributed by atoms with Crippen LogP contribution in [0.1, 0.15) is 37.3 Å². The number of carbonyl (C=O) groups excluding carboxylic acids is 1. The lowest BCUT2D eigenvalue weighted by Gasteiger charge is -2.25. The predicted octanol–water partition coefficient (Wildman–Crippen LogP) is 2.86. The maximum Gasteiger partial charge on any atom is 0.227 e. The zero-order valence-electron chi connectivity index (χ0n) is 17.8. The SMILES string of the molecule is COc1ccc(C2NNCC2C(=O)N[C@@H](c2nc3ccccc3n2C)C(C)C)cc1. The fraction of sp³-hybridized carbons (Fsp3) is 0.391. The van der Waals surface area contributed by atoms with E-state index in [1.165, 1.54) is 0 Å². The number of nitrogens with one attached hydrogen (secondary N) is 3. The van der Waals surface area contributed by atoms with Crippen molar-refractivity contribution in [1.82, 2.24) is 25.7 Å². The third kappa shape index (κ3) is 3.78. The molecule has 1 aliphatic rings. The van der Waals surface area contributed by atoms with Crippen molar-refractivity contribution in [1.29, 1.82) is 0 Å². The molecule has 1 saturated heterocycles. The van der Waals surface area contributed by atoms with E-state index in [0.717, 1.165) is 28.2 Å². The average Bonchev–Trinajstić information content (AvgIpc) is 3.37. The van der Waals surface area contributed by atoms with Crippen LogP contribution < -0.4 is 20.9 Å². The Bertz CT molecular complexity index is 1030. The average molecular weight is 408 g/mol. The Hall–Kier alpha value is -2.90. The molecule has 3 N–H and O–H groups in total. The molecule has 3 aromatic rings. The predicted molar refractivity (Wildman–Crippen MR) is 117 cm³/mol. The van der Waals surface area contributed by atoms with Gasteiger partial charge in [-0.15, -0.1) is 0 Å². The van der Waals surface area contributed by atoms with E-state index in [4.69, 9.17) is 9.72 Å². The third-order valence-corrected chi connectivity index (χ3v) is 5.86. The van der Waals surface area contributed by atoms with Gasteiger partial charge >= 0.3 is 0 Å². The van der Waals surface area contributed by atoms with E-state index in [1.807, 2.05) is 49.5 Å². The molecule has 0 saturated carbocycles. The van der Waals surface area contributed by atoms with Crippen molar-refractivity contribution >= 4 is 16.9 Å². The van der Waals surface area contributed by atoms with Crippen molar-refractivity contribution in [3.63, 3.8) is 0 Å². The van der Waals surface area contributed by atoms with E-state index in [2.05, 4.69) is 40.6 Å². The molecule has 1 fully saturated rings. The number of amides is 1. The molecule has 1 aliphatic heterocycles. The number of ether oxygens (including phenoxy) is 1. The maximum absolute atomic E-state index is 13.3. The summed E-state index contributed by atoms with van der Waals surface area (Å²) in [7, 11) is 3.65. The van der Waals surface area contributed by atoms with Crippen molar-refractivity contribution < 1.29 is 9.53 Å². The van der Waals surface area contributed by atoms with Gasteiger partial charge in [-0.1, -0.05) is 38.1 Å². The Kier molecular flexibility index (Phi) is 5.74. The van der Waals surface area contributed by atoms with Gasteiger partial charge in [-0.05, 0) is 35.7 Å². The lowest BCUT2D eigenvalue weighted by Crippen LogP contribution is -2.40. The number of benzene rings is 2. The van der Waals surface area contributed by atoms with Gasteiger partial charge in [0.05, 0.1) is 36.1 Å². The Balaban J connectivity index is 1.57. The number of hydrogen-bond acceptors (Lipinski definition) is 5. The van der Waals surface area contributed by atoms with Crippen LogP contribution in [-0.2, 0) is 11.8 Å². The lowest BCUT2D eigenvalue weighted by atomic mass is 9.93. The zero-order chi connectivity index (χ0) is 21.3. The highest BCUT2D eigenvalue weighted by atomic mass is 16.5. The van der Waals surface area contributed by atoms with Crippen molar-refractivity contribution in [3.8, 4) is 5.75 Å². The van der Waals surface area contributed by atoms with Crippen molar-refractivity contribution in [3.05, 3.63) is 59.9 Å². The van der Waals surface area contributed by atoms with Gasteiger partial charge in [0.15, 0.2) is 0 Å². The number of hydrogen-bond donors (Lipinski definition) is 3. The van der Waals surface area contributed by atoms with Crippen LogP contribution in [0, 0.1) is 11.8 Å². The van der Waals surface area contributed by atoms with Crippen molar-refractivity contribution in [2.75, 3.05) is 13.7 Å². The Morgan fingerprint density at radius 3 is 2.60 bits per heavy atom. The molecule has 3 atom stereocenters. The highest BCUT2D eigenvalue weighted by Crippen LogP contribution is 2.29. The minimum atomic E-state index is -0.227. The first kappa shape index (κ1) is 20.4. The van der Waals surface area contributed by atoms with Gasteiger partial charge in [0.25, 0.3) is 0 Å². The number of fused-ring (bicyclic) bond motifs is 1. The van der Waals surface area contributed by atoms with Gasteiger partial charge < -0.3 is 14.6 Å². The summed E-state index contributed by atoms with van der Waals surface area (Å²) in [4.78, 5) is 18.1. The topological polar surface area (TPSA) is 80.2 Å². The summed E-state index contributed by atoms with van der Waals surface area (Å²) in [5.74, 6) is 1.66. The molecule has 0 radical (unpaired) electrons. The summed E-state index contributed by atoms with van der Waals surface area (Å²) in [6.45, 7) is 4.78. The first-order valence-corrected chi connectivity index (χ1v) is 10.3. The minimum Gasteiger partial charge on any atom is -0.497 e. The number of aromatic nitrogens is 2. The van der Waals surface area contributed by atoms with Crippen LogP contribution >= 0.6 is 0 Å². The van der Waals surface area contributed by atoms with Crippen LogP contribution in [0.2, 0.25) is 0 Å². The number of hydrazine groups is 1. The van der Waals surface area contributed by atoms with Crippen molar-refractivity contribution in [2.45, 2.75) is 25.9 Å². The summed E-state index contributed by atoms with van der Waals surface area (Å²) in [6, 6.07) is 15.6. The van der Waals surface area contributed by atoms with E-state index in [-0.39, 0.29) is 29.8 Å². The van der Waals surface area contributed by atoms with Crippen LogP contribution in [0.25, 0.3) is 11.0 Å². The quantitative estimate of drug-likeness (QED) is 0.586. The Morgan fingerprint density at radius 2 is 1.93 bits per heavy atom. The Labute approximate surface area is 176 Å². The molecular formula is C23H29N5O2. The summed E-state index contributed by atoms with van der Waals surface area (Å²) in [6.07, 6.45) is 0. The fourth-order valence-corrected chi connectivity index (χ4v) is 4.10. The standard InChI is InChI=1S/C23H29N5O2/c1-14(2)20(22-25-18-7-5-6-8-19(18)28(22)3)26-23(29)17-13-24-27-21(17)15-9-11-16(30-4)12-10-15/h5-12,14,17,20-21,24,27H,13H2,1-4H3,(H,26,29)/t17?,20-,21?/m1/s1. The molecule has 2 aromatic carbocycles. The second-order valence-corrected chi connectivity index (χ2v) is 8.13. The van der Waals surface area contributed by atoms with Gasteiger partial charge in [-0.2, -0.15) is 0 Å². The molecule has 2 heterocycles. The summed E-state index contributed by atoms with van der Waals surface area (Å²) < 4.78 is 7.32. The number of aryl methyl sites for hydroxylation is 1. The molecule has 1 amide bonds. The van der Waals surface area contributed by atoms with E-state index in [0.29, 0.717) is 6.54 Å². The van der Waals surface area contributed by atoms with Crippen LogP contribution in [0.5, 0.6) is 5.75 Å². The summed E-state index contributed by atoms with van der Waals surface area (Å²) >= 11 is 0. The zero-order valence-corrected chi connectivity index (χ0v) is 17.8. The molecule has 7 nitrogen and oxygen atoms in total. The van der Waals surface area contributed by atoms with Gasteiger partial charge in [0.1, 0.15) is 11.6 Å². The molecule has 1 aromatic heterocycles. The molecular weight excluding hydrogens is 378 g/mol. The fourth-order valence-electron chi connectivity index (χ4n) is 4.10. The number of nitrogens with zero attached hydrogens (tertiary/aromatic N) is 2. The highest BCUT2D eigenvalue weighted by Gasteiger charge is 2.36. The third-order valence-electron chi connectivity index (χ3n) is 5.86. The minimum absolute atomic E-state index is 0.0130. The van der Waals surface area contributed by atoms with Gasteiger partial charge in [-0.3, -0.25) is 10.2 Å². The van der Waals surface area contributed by atoms with Crippen molar-refractivity contribution in [2.24, 2.45) is 18.9 Å². The molecule has 7 heteroatoms. The summed E-state index contributed by atoms with van der Waals surface area (Å²) in [5.41, 5.74) is 9.44. The van der Waals surface area contributed by atoms with E-state index >= 15 is 0 Å². The monoisotopic (exact) mass is 407 g/mol. The lowest BCUT2D eigenvalue weighted by molar-refractivity contribution is -0.126. The Morgan fingerprint density at radius 1 is 1.20 bits per heavy atom. The number of methoxy groups -OCH3 is 1. The normalized spacial score (nSPS) is 19.9. The van der Waals surface area contributed by atoms with Gasteiger partial charge in [0, 0.05) is 13.6 Å². The van der Waals surface area contributed by atoms with Crippen LogP contribution in [-0.4, -0.2) is 29.1 Å². The van der Waals surface area contributed by atoms with Gasteiger partial charge in [0.2, 0.25) is 5.91 Å². The second kappa shape index (κ2) is 8.45. The number of para-hydroxylation sites is 2. The largest absolute Gasteiger partial charge is 0.497 e. The van der Waals surface area contributed by atoms with Crippen LogP contribution in [0.4, 0.5) is 0 Å². The number of imidazole rings is 1. The molecule has 158 valence electrons. The highest BCUT2D eigenvalue weighted by molar-refractivity contribution is 5.81. The van der Waals surface area contributed by atoms with Crippen LogP contribution in [0.3, 0.4) is 0 Å². The molecule has 4 rings (SSSR count). The maximum atomic E-state index is 13.3. The number of carbonyl (C=O) groups is 1. The van der Waals surface area contributed by atoms with E-state index < -0.39 is 0 Å². The van der Waals surface area contributed by atoms with E-state index in [9.17, 15) is 4.79 Å². The first-order valence-electron chi connectivity index (χ1n) is 10.3. The van der Waals surface area contributed by atoms with E-state index in [1.54, 1.807) is 7.11 Å². The first-order chi connectivity index (χ1) is 14.5. The summed E-state index contributed by atoms with van der Waals surface area (Å²) in [5, 5.41) is 3.27. The molecule has 0 spiro atoms. The molecule has 0 aliphatic carbocycles. The smallest absolute Gasteiger partial charge is 0.227 e. The molecule has 2 unspecified atom stereocenters. The van der Waals surface area contributed by atoms with Crippen LogP contribution in [0.15, 0.2) is 48.5 Å². The van der Waals surface area contributed by atoms with Gasteiger partial charge in [-0.25, -0.2) is 10.4 Å². The molecule has 30 heavy (non-hydrogen) atoms.